The second-order valence-corrected chi connectivity index (χ2v) is 5.94. The second-order valence-electron chi connectivity index (χ2n) is 3.40. The lowest BCUT2D eigenvalue weighted by molar-refractivity contribution is 0.199. The van der Waals surface area contributed by atoms with Crippen molar-refractivity contribution in [1.29, 1.82) is 0 Å². The number of nitrogens with one attached hydrogen (secondary N) is 1. The van der Waals surface area contributed by atoms with Gasteiger partial charge in [0.1, 0.15) is 0 Å². The van der Waals surface area contributed by atoms with E-state index in [-0.39, 0.29) is 11.1 Å². The van der Waals surface area contributed by atoms with Crippen molar-refractivity contribution in [3.63, 3.8) is 0 Å². The smallest absolute Gasteiger partial charge is 0.211 e. The maximum absolute atomic E-state index is 11.4. The highest BCUT2D eigenvalue weighted by Crippen LogP contribution is 2.04. The first-order valence-electron chi connectivity index (χ1n) is 5.12. The van der Waals surface area contributed by atoms with Crippen LogP contribution in [0.1, 0.15) is 26.2 Å². The quantitative estimate of drug-likeness (QED) is 0.501. The molecule has 0 saturated carbocycles. The molecule has 0 aliphatic carbocycles. The Morgan fingerprint density at radius 2 is 2.13 bits per heavy atom. The van der Waals surface area contributed by atoms with Crippen molar-refractivity contribution in [2.75, 3.05) is 26.0 Å². The first kappa shape index (κ1) is 15.2. The molecule has 92 valence electrons. The molecule has 0 amide bonds. The van der Waals surface area contributed by atoms with Gasteiger partial charge in [0.15, 0.2) is 0 Å². The van der Waals surface area contributed by atoms with Gasteiger partial charge in [-0.15, -0.1) is 11.6 Å². The van der Waals surface area contributed by atoms with Crippen LogP contribution in [0.3, 0.4) is 0 Å². The zero-order chi connectivity index (χ0) is 11.7. The molecule has 0 aromatic heterocycles. The molecule has 0 radical (unpaired) electrons. The Morgan fingerprint density at radius 3 is 2.67 bits per heavy atom. The zero-order valence-corrected chi connectivity index (χ0v) is 10.9. The molecule has 0 aliphatic heterocycles. The van der Waals surface area contributed by atoms with Gasteiger partial charge in [-0.1, -0.05) is 13.3 Å². The van der Waals surface area contributed by atoms with Gasteiger partial charge in [0.05, 0.1) is 5.75 Å². The van der Waals surface area contributed by atoms with Gasteiger partial charge in [-0.05, 0) is 12.8 Å². The Labute approximate surface area is 97.4 Å². The third kappa shape index (κ3) is 9.11. The van der Waals surface area contributed by atoms with Crippen molar-refractivity contribution in [2.24, 2.45) is 0 Å². The molecule has 0 aromatic carbocycles. The molecule has 6 heteroatoms. The number of methoxy groups -OCH3 is 1. The van der Waals surface area contributed by atoms with E-state index in [1.165, 1.54) is 0 Å². The Hall–Kier alpha value is 0.160. The molecular formula is C9H20ClNO3S. The minimum atomic E-state index is -3.18. The summed E-state index contributed by atoms with van der Waals surface area (Å²) in [5.74, 6) is 0.0938. The van der Waals surface area contributed by atoms with Crippen molar-refractivity contribution in [1.82, 2.24) is 4.72 Å². The molecule has 0 bridgehead atoms. The molecule has 0 aliphatic rings. The lowest BCUT2D eigenvalue weighted by atomic mass is 10.2. The van der Waals surface area contributed by atoms with Crippen LogP contribution in [-0.4, -0.2) is 39.8 Å². The van der Waals surface area contributed by atoms with Crippen LogP contribution in [0.15, 0.2) is 0 Å². The first-order valence-corrected chi connectivity index (χ1v) is 7.21. The Balaban J connectivity index is 3.73. The topological polar surface area (TPSA) is 55.4 Å². The summed E-state index contributed by atoms with van der Waals surface area (Å²) in [5, 5.41) is -0.118. The maximum Gasteiger partial charge on any atom is 0.211 e. The van der Waals surface area contributed by atoms with E-state index in [9.17, 15) is 8.42 Å². The molecular weight excluding hydrogens is 238 g/mol. The fraction of sp³-hybridized carbons (Fsp3) is 1.00. The third-order valence-corrected chi connectivity index (χ3v) is 3.69. The highest BCUT2D eigenvalue weighted by Gasteiger charge is 2.12. The van der Waals surface area contributed by atoms with Gasteiger partial charge in [-0.3, -0.25) is 0 Å². The summed E-state index contributed by atoms with van der Waals surface area (Å²) in [6.45, 7) is 2.79. The van der Waals surface area contributed by atoms with E-state index in [1.807, 2.05) is 6.92 Å². The van der Waals surface area contributed by atoms with Gasteiger partial charge >= 0.3 is 0 Å². The number of hydrogen-bond donors (Lipinski definition) is 1. The summed E-state index contributed by atoms with van der Waals surface area (Å²) in [6, 6.07) is 0. The third-order valence-electron chi connectivity index (χ3n) is 1.89. The SMILES string of the molecule is CCCC(Cl)CNS(=O)(=O)CCCOC. The van der Waals surface area contributed by atoms with E-state index < -0.39 is 10.0 Å². The molecule has 4 nitrogen and oxygen atoms in total. The van der Waals surface area contributed by atoms with Crippen molar-refractivity contribution < 1.29 is 13.2 Å². The molecule has 1 N–H and O–H groups in total. The van der Waals surface area contributed by atoms with Gasteiger partial charge in [0.25, 0.3) is 0 Å². The van der Waals surface area contributed by atoms with E-state index in [0.29, 0.717) is 19.6 Å². The standard InChI is InChI=1S/C9H20ClNO3S/c1-3-5-9(10)8-11-15(12,13)7-4-6-14-2/h9,11H,3-8H2,1-2H3. The zero-order valence-electron chi connectivity index (χ0n) is 9.33. The van der Waals surface area contributed by atoms with Crippen LogP contribution in [0.2, 0.25) is 0 Å². The Kier molecular flexibility index (Phi) is 8.42. The van der Waals surface area contributed by atoms with Crippen LogP contribution < -0.4 is 4.72 Å². The molecule has 0 fully saturated rings. The minimum absolute atomic E-state index is 0.0938. The fourth-order valence-corrected chi connectivity index (χ4v) is 2.58. The molecule has 1 unspecified atom stereocenters. The van der Waals surface area contributed by atoms with Gasteiger partial charge in [-0.25, -0.2) is 13.1 Å². The fourth-order valence-electron chi connectivity index (χ4n) is 1.10. The summed E-state index contributed by atoms with van der Waals surface area (Å²) in [7, 11) is -1.63. The lowest BCUT2D eigenvalue weighted by Crippen LogP contribution is -2.32. The largest absolute Gasteiger partial charge is 0.385 e. The van der Waals surface area contributed by atoms with Crippen LogP contribution >= 0.6 is 11.6 Å². The number of sulfonamides is 1. The monoisotopic (exact) mass is 257 g/mol. The molecule has 0 spiro atoms. The lowest BCUT2D eigenvalue weighted by Gasteiger charge is -2.10. The summed E-state index contributed by atoms with van der Waals surface area (Å²) in [5.41, 5.74) is 0. The Morgan fingerprint density at radius 1 is 1.47 bits per heavy atom. The molecule has 0 heterocycles. The normalized spacial score (nSPS) is 14.1. The van der Waals surface area contributed by atoms with Crippen LogP contribution in [0.25, 0.3) is 0 Å². The summed E-state index contributed by atoms with van der Waals surface area (Å²) >= 11 is 5.90. The van der Waals surface area contributed by atoms with Gasteiger partial charge < -0.3 is 4.74 Å². The summed E-state index contributed by atoms with van der Waals surface area (Å²) < 4.78 is 30.0. The van der Waals surface area contributed by atoms with Crippen molar-refractivity contribution >= 4 is 21.6 Å². The van der Waals surface area contributed by atoms with E-state index in [4.69, 9.17) is 16.3 Å². The first-order chi connectivity index (χ1) is 7.02. The van der Waals surface area contributed by atoms with Crippen molar-refractivity contribution in [3.8, 4) is 0 Å². The molecule has 0 rings (SSSR count). The highest BCUT2D eigenvalue weighted by molar-refractivity contribution is 7.89. The number of rotatable bonds is 9. The van der Waals surface area contributed by atoms with Gasteiger partial charge in [0, 0.05) is 25.6 Å². The summed E-state index contributed by atoms with van der Waals surface area (Å²) in [6.07, 6.45) is 2.29. The van der Waals surface area contributed by atoms with E-state index in [2.05, 4.69) is 4.72 Å². The average Bonchev–Trinajstić information content (AvgIpc) is 2.16. The van der Waals surface area contributed by atoms with E-state index in [0.717, 1.165) is 12.8 Å². The minimum Gasteiger partial charge on any atom is -0.385 e. The van der Waals surface area contributed by atoms with Crippen LogP contribution in [-0.2, 0) is 14.8 Å². The van der Waals surface area contributed by atoms with Gasteiger partial charge in [-0.2, -0.15) is 0 Å². The molecule has 1 atom stereocenters. The van der Waals surface area contributed by atoms with Crippen LogP contribution in [0.5, 0.6) is 0 Å². The predicted molar refractivity (Wildman–Crippen MR) is 62.8 cm³/mol. The van der Waals surface area contributed by atoms with E-state index >= 15 is 0 Å². The van der Waals surface area contributed by atoms with Crippen molar-refractivity contribution in [2.45, 2.75) is 31.6 Å². The highest BCUT2D eigenvalue weighted by atomic mass is 35.5. The van der Waals surface area contributed by atoms with Gasteiger partial charge in [0.2, 0.25) is 10.0 Å². The Bertz CT molecular complexity index is 244. The number of halogens is 1. The number of ether oxygens (including phenoxy) is 1. The second kappa shape index (κ2) is 8.33. The number of hydrogen-bond acceptors (Lipinski definition) is 3. The maximum atomic E-state index is 11.4. The van der Waals surface area contributed by atoms with Crippen LogP contribution in [0.4, 0.5) is 0 Å². The van der Waals surface area contributed by atoms with Crippen molar-refractivity contribution in [3.05, 3.63) is 0 Å². The summed E-state index contributed by atoms with van der Waals surface area (Å²) in [4.78, 5) is 0. The molecule has 0 saturated heterocycles. The molecule has 0 aromatic rings. The van der Waals surface area contributed by atoms with Crippen LogP contribution in [0, 0.1) is 0 Å². The average molecular weight is 258 g/mol. The molecule has 15 heavy (non-hydrogen) atoms. The number of alkyl halides is 1. The van der Waals surface area contributed by atoms with E-state index in [1.54, 1.807) is 7.11 Å². The predicted octanol–water partition coefficient (Wildman–Crippen LogP) is 1.35.